The molecule has 0 saturated carbocycles. The second kappa shape index (κ2) is 7.67. The molecule has 1 aromatic heterocycles. The standard InChI is InChI=1S/C17H13F3N2O4S/c1-25-14-5-3-11(8-15(14)26-2)7-13(9-21)27(23,24)16-6-4-12(10-22-16)17(18,19)20/h3-8,10H,1-2H3/b13-7-. The van der Waals surface area contributed by atoms with Gasteiger partial charge in [-0.1, -0.05) is 6.07 Å². The Morgan fingerprint density at radius 3 is 2.30 bits per heavy atom. The molecule has 0 N–H and O–H groups in total. The van der Waals surface area contributed by atoms with Crippen LogP contribution in [0, 0.1) is 11.3 Å². The third-order valence-electron chi connectivity index (χ3n) is 3.44. The summed E-state index contributed by atoms with van der Waals surface area (Å²) in [5.74, 6) is 0.717. The number of pyridine rings is 1. The van der Waals surface area contributed by atoms with Gasteiger partial charge in [-0.3, -0.25) is 0 Å². The summed E-state index contributed by atoms with van der Waals surface area (Å²) < 4.78 is 73.0. The van der Waals surface area contributed by atoms with Crippen LogP contribution in [-0.2, 0) is 16.0 Å². The van der Waals surface area contributed by atoms with Gasteiger partial charge in [-0.15, -0.1) is 0 Å². The zero-order chi connectivity index (χ0) is 20.2. The van der Waals surface area contributed by atoms with Crippen LogP contribution in [0.4, 0.5) is 13.2 Å². The lowest BCUT2D eigenvalue weighted by molar-refractivity contribution is -0.137. The van der Waals surface area contributed by atoms with E-state index in [1.807, 2.05) is 0 Å². The van der Waals surface area contributed by atoms with Crippen LogP contribution in [-0.4, -0.2) is 27.6 Å². The van der Waals surface area contributed by atoms with Crippen LogP contribution in [0.15, 0.2) is 46.5 Å². The second-order valence-electron chi connectivity index (χ2n) is 5.12. The number of sulfone groups is 1. The lowest BCUT2D eigenvalue weighted by Gasteiger charge is -2.09. The molecule has 2 rings (SSSR count). The largest absolute Gasteiger partial charge is 0.493 e. The van der Waals surface area contributed by atoms with Crippen LogP contribution in [0.2, 0.25) is 0 Å². The predicted octanol–water partition coefficient (Wildman–Crippen LogP) is 3.46. The minimum absolute atomic E-state index is 0.314. The van der Waals surface area contributed by atoms with Crippen molar-refractivity contribution in [1.82, 2.24) is 4.98 Å². The van der Waals surface area contributed by atoms with E-state index in [4.69, 9.17) is 9.47 Å². The van der Waals surface area contributed by atoms with Gasteiger partial charge in [0.25, 0.3) is 0 Å². The molecule has 0 saturated heterocycles. The van der Waals surface area contributed by atoms with Crippen molar-refractivity contribution >= 4 is 15.9 Å². The van der Waals surface area contributed by atoms with Crippen LogP contribution in [0.5, 0.6) is 11.5 Å². The number of ether oxygens (including phenoxy) is 2. The Kier molecular flexibility index (Phi) is 5.75. The minimum atomic E-state index is -4.65. The molecule has 0 unspecified atom stereocenters. The molecule has 6 nitrogen and oxygen atoms in total. The van der Waals surface area contributed by atoms with E-state index in [0.717, 1.165) is 6.08 Å². The van der Waals surface area contributed by atoms with E-state index in [9.17, 15) is 26.9 Å². The highest BCUT2D eigenvalue weighted by atomic mass is 32.2. The summed E-state index contributed by atoms with van der Waals surface area (Å²) in [6, 6.07) is 7.30. The van der Waals surface area contributed by atoms with Crippen LogP contribution in [0.25, 0.3) is 6.08 Å². The minimum Gasteiger partial charge on any atom is -0.493 e. The van der Waals surface area contributed by atoms with Gasteiger partial charge in [0.1, 0.15) is 6.07 Å². The molecule has 1 aromatic carbocycles. The lowest BCUT2D eigenvalue weighted by atomic mass is 10.2. The molecule has 0 fully saturated rings. The van der Waals surface area contributed by atoms with Gasteiger partial charge in [-0.05, 0) is 35.9 Å². The van der Waals surface area contributed by atoms with E-state index in [-0.39, 0.29) is 0 Å². The third kappa shape index (κ3) is 4.38. The maximum atomic E-state index is 12.6. The first-order valence-corrected chi connectivity index (χ1v) is 8.74. The van der Waals surface area contributed by atoms with Gasteiger partial charge in [0, 0.05) is 6.20 Å². The first kappa shape index (κ1) is 20.3. The van der Waals surface area contributed by atoms with E-state index < -0.39 is 31.5 Å². The SMILES string of the molecule is COc1ccc(/C=C(/C#N)S(=O)(=O)c2ccc(C(F)(F)F)cn2)cc1OC. The van der Waals surface area contributed by atoms with Crippen molar-refractivity contribution in [3.8, 4) is 17.6 Å². The Bertz CT molecular complexity index is 1010. The highest BCUT2D eigenvalue weighted by molar-refractivity contribution is 7.95. The first-order valence-electron chi connectivity index (χ1n) is 7.25. The summed E-state index contributed by atoms with van der Waals surface area (Å²) in [6.07, 6.45) is -3.18. The highest BCUT2D eigenvalue weighted by Gasteiger charge is 2.32. The molecule has 0 radical (unpaired) electrons. The number of methoxy groups -OCH3 is 2. The molecule has 0 aliphatic heterocycles. The monoisotopic (exact) mass is 398 g/mol. The van der Waals surface area contributed by atoms with Crippen molar-refractivity contribution in [2.75, 3.05) is 14.2 Å². The molecule has 10 heteroatoms. The summed E-state index contributed by atoms with van der Waals surface area (Å²) in [5, 5.41) is 8.57. The molecule has 0 amide bonds. The van der Waals surface area contributed by atoms with Gasteiger partial charge in [-0.2, -0.15) is 18.4 Å². The molecule has 0 bridgehead atoms. The van der Waals surface area contributed by atoms with Gasteiger partial charge in [0.15, 0.2) is 21.4 Å². The van der Waals surface area contributed by atoms with Crippen molar-refractivity contribution in [3.63, 3.8) is 0 Å². The summed E-state index contributed by atoms with van der Waals surface area (Å²) in [7, 11) is -1.58. The number of alkyl halides is 3. The Hall–Kier alpha value is -3.06. The number of hydrogen-bond donors (Lipinski definition) is 0. The lowest BCUT2D eigenvalue weighted by Crippen LogP contribution is -2.09. The van der Waals surface area contributed by atoms with E-state index in [1.165, 1.54) is 38.5 Å². The van der Waals surface area contributed by atoms with Crippen LogP contribution in [0.3, 0.4) is 0 Å². The molecular formula is C17H13F3N2O4S. The fraction of sp³-hybridized carbons (Fsp3) is 0.176. The zero-order valence-electron chi connectivity index (χ0n) is 14.1. The van der Waals surface area contributed by atoms with Crippen molar-refractivity contribution < 1.29 is 31.1 Å². The van der Waals surface area contributed by atoms with Crippen molar-refractivity contribution in [2.24, 2.45) is 0 Å². The van der Waals surface area contributed by atoms with E-state index in [0.29, 0.717) is 35.4 Å². The second-order valence-corrected chi connectivity index (χ2v) is 6.99. The number of allylic oxidation sites excluding steroid dienone is 1. The van der Waals surface area contributed by atoms with E-state index in [1.54, 1.807) is 0 Å². The average molecular weight is 398 g/mol. The van der Waals surface area contributed by atoms with Gasteiger partial charge in [0.2, 0.25) is 9.84 Å². The number of benzene rings is 1. The number of nitriles is 1. The molecule has 0 aliphatic rings. The summed E-state index contributed by atoms with van der Waals surface area (Å²) >= 11 is 0. The van der Waals surface area contributed by atoms with Crippen molar-refractivity contribution in [1.29, 1.82) is 5.26 Å². The van der Waals surface area contributed by atoms with Crippen molar-refractivity contribution in [3.05, 3.63) is 52.6 Å². The summed E-state index contributed by atoms with van der Waals surface area (Å²) in [6.45, 7) is 0. The van der Waals surface area contributed by atoms with Gasteiger partial charge < -0.3 is 9.47 Å². The Morgan fingerprint density at radius 1 is 1.15 bits per heavy atom. The summed E-state index contributed by atoms with van der Waals surface area (Å²) in [5.41, 5.74) is -0.775. The van der Waals surface area contributed by atoms with Gasteiger partial charge >= 0.3 is 6.18 Å². The number of nitrogens with zero attached hydrogens (tertiary/aromatic N) is 2. The fourth-order valence-corrected chi connectivity index (χ4v) is 3.16. The summed E-state index contributed by atoms with van der Waals surface area (Å²) in [4.78, 5) is 2.67. The molecule has 0 aliphatic carbocycles. The number of aromatic nitrogens is 1. The maximum Gasteiger partial charge on any atom is 0.417 e. The molecular weight excluding hydrogens is 385 g/mol. The number of hydrogen-bond acceptors (Lipinski definition) is 6. The highest BCUT2D eigenvalue weighted by Crippen LogP contribution is 2.31. The van der Waals surface area contributed by atoms with Crippen molar-refractivity contribution in [2.45, 2.75) is 11.2 Å². The van der Waals surface area contributed by atoms with Gasteiger partial charge in [0.05, 0.1) is 19.8 Å². The van der Waals surface area contributed by atoms with Gasteiger partial charge in [-0.25, -0.2) is 13.4 Å². The van der Waals surface area contributed by atoms with E-state index in [2.05, 4.69) is 4.98 Å². The molecule has 1 heterocycles. The van der Waals surface area contributed by atoms with Crippen LogP contribution >= 0.6 is 0 Å². The third-order valence-corrected chi connectivity index (χ3v) is 5.02. The molecule has 2 aromatic rings. The number of halogens is 3. The van der Waals surface area contributed by atoms with Crippen LogP contribution < -0.4 is 9.47 Å². The quantitative estimate of drug-likeness (QED) is 0.717. The topological polar surface area (TPSA) is 89.3 Å². The Labute approximate surface area is 153 Å². The van der Waals surface area contributed by atoms with Crippen LogP contribution in [0.1, 0.15) is 11.1 Å². The molecule has 142 valence electrons. The zero-order valence-corrected chi connectivity index (χ0v) is 14.9. The Morgan fingerprint density at radius 2 is 1.81 bits per heavy atom. The molecule has 27 heavy (non-hydrogen) atoms. The fourth-order valence-electron chi connectivity index (χ4n) is 2.08. The number of rotatable bonds is 5. The molecule has 0 atom stereocenters. The molecule has 0 spiro atoms. The van der Waals surface area contributed by atoms with E-state index >= 15 is 0 Å². The average Bonchev–Trinajstić information content (AvgIpc) is 2.65. The Balaban J connectivity index is 2.47. The predicted molar refractivity (Wildman–Crippen MR) is 89.6 cm³/mol. The smallest absolute Gasteiger partial charge is 0.417 e. The first-order chi connectivity index (χ1) is 12.6. The normalized spacial score (nSPS) is 12.4. The maximum absolute atomic E-state index is 12.6.